The summed E-state index contributed by atoms with van der Waals surface area (Å²) in [4.78, 5) is 17.3. The molecule has 0 spiro atoms. The predicted octanol–water partition coefficient (Wildman–Crippen LogP) is 5.28. The number of H-pyrrole nitrogens is 1. The highest BCUT2D eigenvalue weighted by molar-refractivity contribution is 6.13. The number of amides is 1. The Kier molecular flexibility index (Phi) is 5.54. The van der Waals surface area contributed by atoms with Gasteiger partial charge in [0.2, 0.25) is 0 Å². The van der Waals surface area contributed by atoms with Crippen molar-refractivity contribution in [1.29, 1.82) is 0 Å². The first-order valence-electron chi connectivity index (χ1n) is 12.2. The third-order valence-corrected chi connectivity index (χ3v) is 7.23. The summed E-state index contributed by atoms with van der Waals surface area (Å²) in [5.74, 6) is 0.255. The number of nitrogens with one attached hydrogen (secondary N) is 1. The van der Waals surface area contributed by atoms with Crippen LogP contribution in [-0.2, 0) is 6.42 Å². The molecule has 2 fully saturated rings. The summed E-state index contributed by atoms with van der Waals surface area (Å²) in [6, 6.07) is 1.44. The molecule has 2 aliphatic rings. The van der Waals surface area contributed by atoms with Gasteiger partial charge in [-0.25, -0.2) is 4.39 Å². The first-order chi connectivity index (χ1) is 16.5. The highest BCUT2D eigenvalue weighted by Gasteiger charge is 2.34. The van der Waals surface area contributed by atoms with Crippen LogP contribution < -0.4 is 11.5 Å². The van der Waals surface area contributed by atoms with Gasteiger partial charge in [0.25, 0.3) is 5.91 Å². The zero-order chi connectivity index (χ0) is 24.1. The monoisotopic (exact) mass is 462 g/mol. The van der Waals surface area contributed by atoms with Crippen LogP contribution in [0.3, 0.4) is 0 Å². The number of aromatic nitrogens is 4. The van der Waals surface area contributed by atoms with E-state index in [0.29, 0.717) is 34.0 Å². The average molecular weight is 463 g/mol. The molecular formula is C26H31FN6O. The van der Waals surface area contributed by atoms with Crippen molar-refractivity contribution < 1.29 is 9.18 Å². The Bertz CT molecular complexity index is 1410. The molecule has 3 heterocycles. The highest BCUT2D eigenvalue weighted by Crippen LogP contribution is 2.46. The quantitative estimate of drug-likeness (QED) is 0.374. The lowest BCUT2D eigenvalue weighted by Gasteiger charge is -2.27. The topological polar surface area (TPSA) is 116 Å². The number of hydrogen-bond acceptors (Lipinski definition) is 4. The third kappa shape index (κ3) is 3.35. The van der Waals surface area contributed by atoms with Gasteiger partial charge in [0, 0.05) is 34.1 Å². The number of carbonyl (C=O) groups is 1. The van der Waals surface area contributed by atoms with Crippen LogP contribution in [-0.4, -0.2) is 25.7 Å². The molecule has 178 valence electrons. The lowest BCUT2D eigenvalue weighted by molar-refractivity contribution is 0.100. The lowest BCUT2D eigenvalue weighted by Crippen LogP contribution is -2.16. The van der Waals surface area contributed by atoms with E-state index >= 15 is 0 Å². The van der Waals surface area contributed by atoms with Gasteiger partial charge in [-0.05, 0) is 43.7 Å². The van der Waals surface area contributed by atoms with Gasteiger partial charge in [-0.1, -0.05) is 33.1 Å². The maximum absolute atomic E-state index is 15.0. The smallest absolute Gasteiger partial charge is 0.253 e. The zero-order valence-corrected chi connectivity index (χ0v) is 19.9. The van der Waals surface area contributed by atoms with E-state index in [0.717, 1.165) is 41.4 Å². The van der Waals surface area contributed by atoms with Crippen LogP contribution in [0, 0.1) is 18.7 Å². The minimum Gasteiger partial charge on any atom is -0.384 e. The van der Waals surface area contributed by atoms with Crippen molar-refractivity contribution in [1.82, 2.24) is 19.7 Å². The normalized spacial score (nSPS) is 15.9. The third-order valence-electron chi connectivity index (χ3n) is 7.23. The zero-order valence-electron chi connectivity index (χ0n) is 19.9. The number of pyridine rings is 1. The molecule has 0 bridgehead atoms. The van der Waals surface area contributed by atoms with Gasteiger partial charge in [0.05, 0.1) is 28.5 Å². The minimum absolute atomic E-state index is 0.216. The summed E-state index contributed by atoms with van der Waals surface area (Å²) in [6.07, 6.45) is 10.1. The Balaban J connectivity index is 0.00000117. The molecule has 2 aliphatic carbocycles. The number of aromatic amines is 1. The summed E-state index contributed by atoms with van der Waals surface area (Å²) >= 11 is 0. The number of anilines is 1. The Morgan fingerprint density at radius 2 is 1.94 bits per heavy atom. The van der Waals surface area contributed by atoms with Crippen molar-refractivity contribution >= 4 is 33.5 Å². The molecule has 0 atom stereocenters. The van der Waals surface area contributed by atoms with Crippen LogP contribution in [0.5, 0.6) is 0 Å². The van der Waals surface area contributed by atoms with E-state index in [-0.39, 0.29) is 17.2 Å². The van der Waals surface area contributed by atoms with Crippen molar-refractivity contribution in [3.05, 3.63) is 46.7 Å². The number of halogens is 1. The number of fused-ring (bicyclic) bond motifs is 2. The fraction of sp³-hybridized carbons (Fsp3) is 0.423. The second kappa shape index (κ2) is 8.42. The first kappa shape index (κ1) is 22.4. The number of benzene rings is 1. The van der Waals surface area contributed by atoms with Gasteiger partial charge in [-0.15, -0.1) is 0 Å². The maximum Gasteiger partial charge on any atom is 0.253 e. The van der Waals surface area contributed by atoms with Crippen LogP contribution in [0.1, 0.15) is 79.0 Å². The van der Waals surface area contributed by atoms with Crippen LogP contribution in [0.25, 0.3) is 27.5 Å². The van der Waals surface area contributed by atoms with Gasteiger partial charge < -0.3 is 11.5 Å². The molecule has 6 rings (SSSR count). The SMILES string of the molecule is CC.Cc1c(F)cc2[nH]ncc2c1-n1c(N)c(C(N)=O)c2cnc(C3CC3)c(CC3CCC3)c21. The summed E-state index contributed by atoms with van der Waals surface area (Å²) < 4.78 is 16.8. The van der Waals surface area contributed by atoms with Gasteiger partial charge >= 0.3 is 0 Å². The van der Waals surface area contributed by atoms with E-state index in [2.05, 4.69) is 10.2 Å². The van der Waals surface area contributed by atoms with Crippen molar-refractivity contribution in [2.45, 2.75) is 65.2 Å². The second-order valence-corrected chi connectivity index (χ2v) is 9.28. The number of hydrogen-bond donors (Lipinski definition) is 3. The summed E-state index contributed by atoms with van der Waals surface area (Å²) in [6.45, 7) is 5.72. The largest absolute Gasteiger partial charge is 0.384 e. The molecule has 0 radical (unpaired) electrons. The average Bonchev–Trinajstić information content (AvgIpc) is 3.46. The van der Waals surface area contributed by atoms with E-state index in [4.69, 9.17) is 16.5 Å². The van der Waals surface area contributed by atoms with E-state index in [1.807, 2.05) is 18.4 Å². The molecule has 1 amide bonds. The van der Waals surface area contributed by atoms with E-state index in [9.17, 15) is 9.18 Å². The van der Waals surface area contributed by atoms with Crippen molar-refractivity contribution in [2.24, 2.45) is 11.7 Å². The van der Waals surface area contributed by atoms with Gasteiger partial charge in [0.15, 0.2) is 0 Å². The number of primary amides is 1. The molecular weight excluding hydrogens is 431 g/mol. The summed E-state index contributed by atoms with van der Waals surface area (Å²) in [5, 5.41) is 8.34. The number of nitrogens with two attached hydrogens (primary N) is 2. The van der Waals surface area contributed by atoms with Crippen molar-refractivity contribution in [3.63, 3.8) is 0 Å². The lowest BCUT2D eigenvalue weighted by atomic mass is 9.80. The molecule has 7 nitrogen and oxygen atoms in total. The molecule has 34 heavy (non-hydrogen) atoms. The van der Waals surface area contributed by atoms with Crippen LogP contribution in [0.2, 0.25) is 0 Å². The Morgan fingerprint density at radius 3 is 2.56 bits per heavy atom. The van der Waals surface area contributed by atoms with E-state index in [1.165, 1.54) is 25.3 Å². The minimum atomic E-state index is -0.612. The number of nitrogens with zero attached hydrogens (tertiary/aromatic N) is 3. The van der Waals surface area contributed by atoms with Gasteiger partial charge in [0.1, 0.15) is 11.6 Å². The molecule has 0 aliphatic heterocycles. The van der Waals surface area contributed by atoms with E-state index < -0.39 is 5.91 Å². The number of rotatable bonds is 5. The van der Waals surface area contributed by atoms with Crippen molar-refractivity contribution in [3.8, 4) is 5.69 Å². The first-order valence-corrected chi connectivity index (χ1v) is 12.2. The molecule has 2 saturated carbocycles. The Labute approximate surface area is 197 Å². The molecule has 0 unspecified atom stereocenters. The Hall–Kier alpha value is -3.42. The van der Waals surface area contributed by atoms with Crippen LogP contribution in [0.4, 0.5) is 10.2 Å². The second-order valence-electron chi connectivity index (χ2n) is 9.28. The van der Waals surface area contributed by atoms with E-state index in [1.54, 1.807) is 19.3 Å². The molecule has 4 aromatic rings. The fourth-order valence-corrected chi connectivity index (χ4v) is 5.19. The number of carbonyl (C=O) groups excluding carboxylic acids is 1. The molecule has 8 heteroatoms. The molecule has 5 N–H and O–H groups in total. The highest BCUT2D eigenvalue weighted by atomic mass is 19.1. The molecule has 3 aromatic heterocycles. The van der Waals surface area contributed by atoms with Gasteiger partial charge in [-0.2, -0.15) is 5.10 Å². The Morgan fingerprint density at radius 1 is 1.21 bits per heavy atom. The predicted molar refractivity (Wildman–Crippen MR) is 133 cm³/mol. The fourth-order valence-electron chi connectivity index (χ4n) is 5.19. The standard InChI is InChI=1S/C24H25FN6O.C2H6/c1-11-17(25)8-18-15(10-29-30-18)21(11)31-22-14(7-12-3-2-4-12)20(13-5-6-13)28-9-16(22)19(23(31)26)24(27)32;1-2/h8-10,12-13H,2-7,26H2,1H3,(H2,27,32)(H,29,30);1-2H3. The number of nitrogen functional groups attached to an aromatic ring is 1. The van der Waals surface area contributed by atoms with Crippen LogP contribution >= 0.6 is 0 Å². The van der Waals surface area contributed by atoms with Gasteiger partial charge in [-0.3, -0.25) is 19.4 Å². The van der Waals surface area contributed by atoms with Crippen molar-refractivity contribution in [2.75, 3.05) is 5.73 Å². The molecule has 1 aromatic carbocycles. The summed E-state index contributed by atoms with van der Waals surface area (Å²) in [7, 11) is 0. The van der Waals surface area contributed by atoms with Crippen LogP contribution in [0.15, 0.2) is 18.5 Å². The maximum atomic E-state index is 15.0. The molecule has 0 saturated heterocycles. The summed E-state index contributed by atoms with van der Waals surface area (Å²) in [5.41, 5.74) is 17.2.